The summed E-state index contributed by atoms with van der Waals surface area (Å²) in [7, 11) is 0. The lowest BCUT2D eigenvalue weighted by molar-refractivity contribution is -0.126. The number of nitrogens with two attached hydrogens (primary N) is 1. The first-order chi connectivity index (χ1) is 5.96. The Bertz CT molecular complexity index is 195. The van der Waals surface area contributed by atoms with Crippen LogP contribution < -0.4 is 11.1 Å². The van der Waals surface area contributed by atoms with Crippen LogP contribution in [-0.4, -0.2) is 18.0 Å². The van der Waals surface area contributed by atoms with Gasteiger partial charge in [0.25, 0.3) is 0 Å². The Kier molecular flexibility index (Phi) is 4.70. The van der Waals surface area contributed by atoms with Gasteiger partial charge in [-0.05, 0) is 19.8 Å². The molecule has 0 aliphatic rings. The molecule has 0 atom stereocenters. The monoisotopic (exact) mass is 184 g/mol. The molecule has 0 unspecified atom stereocenters. The second kappa shape index (κ2) is 5.02. The number of carbonyl (C=O) groups is 1. The van der Waals surface area contributed by atoms with Crippen molar-refractivity contribution in [2.75, 3.05) is 6.54 Å². The molecule has 3 heteroatoms. The van der Waals surface area contributed by atoms with Crippen LogP contribution in [0.3, 0.4) is 0 Å². The van der Waals surface area contributed by atoms with Gasteiger partial charge in [0.05, 0.1) is 5.54 Å². The van der Waals surface area contributed by atoms with E-state index >= 15 is 0 Å². The molecular formula is C10H20N2O. The summed E-state index contributed by atoms with van der Waals surface area (Å²) in [5.41, 5.74) is 6.11. The van der Waals surface area contributed by atoms with E-state index in [9.17, 15) is 4.79 Å². The molecule has 3 nitrogen and oxygen atoms in total. The molecule has 0 aromatic carbocycles. The lowest BCUT2D eigenvalue weighted by atomic mass is 9.93. The first-order valence-corrected chi connectivity index (χ1v) is 4.67. The van der Waals surface area contributed by atoms with E-state index in [0.29, 0.717) is 19.4 Å². The molecule has 0 radical (unpaired) electrons. The Labute approximate surface area is 80.4 Å². The Balaban J connectivity index is 4.15. The van der Waals surface area contributed by atoms with Gasteiger partial charge in [-0.3, -0.25) is 4.79 Å². The van der Waals surface area contributed by atoms with Gasteiger partial charge in [0.15, 0.2) is 0 Å². The minimum absolute atomic E-state index is 0.0829. The van der Waals surface area contributed by atoms with Gasteiger partial charge in [0.1, 0.15) is 0 Å². The van der Waals surface area contributed by atoms with Gasteiger partial charge in [-0.1, -0.05) is 26.0 Å². The molecule has 13 heavy (non-hydrogen) atoms. The van der Waals surface area contributed by atoms with Crippen LogP contribution in [0, 0.1) is 0 Å². The van der Waals surface area contributed by atoms with Crippen molar-refractivity contribution < 1.29 is 4.79 Å². The molecule has 0 heterocycles. The average molecular weight is 184 g/mol. The summed E-state index contributed by atoms with van der Waals surface area (Å²) >= 11 is 0. The maximum atomic E-state index is 11.6. The maximum absolute atomic E-state index is 11.6. The molecule has 76 valence electrons. The average Bonchev–Trinajstić information content (AvgIpc) is 2.12. The quantitative estimate of drug-likeness (QED) is 0.631. The van der Waals surface area contributed by atoms with E-state index in [1.165, 1.54) is 0 Å². The van der Waals surface area contributed by atoms with E-state index in [4.69, 9.17) is 5.73 Å². The molecule has 0 saturated heterocycles. The third-order valence-electron chi connectivity index (χ3n) is 2.26. The standard InChI is InChI=1S/C10H20N2O/c1-5-10(11,6-2)9(13)12-7-8(3)4/h3,5-7,11H2,1-2,4H3,(H,12,13). The molecule has 0 aliphatic heterocycles. The zero-order chi connectivity index (χ0) is 10.5. The normalized spacial score (nSPS) is 11.1. The summed E-state index contributed by atoms with van der Waals surface area (Å²) in [6, 6.07) is 0. The van der Waals surface area contributed by atoms with Crippen molar-refractivity contribution in [1.29, 1.82) is 0 Å². The summed E-state index contributed by atoms with van der Waals surface area (Å²) in [5.74, 6) is -0.0829. The van der Waals surface area contributed by atoms with Crippen molar-refractivity contribution in [2.45, 2.75) is 39.2 Å². The Hall–Kier alpha value is -0.830. The SMILES string of the molecule is C=C(C)CNC(=O)C(N)(CC)CC. The fourth-order valence-electron chi connectivity index (χ4n) is 0.978. The third kappa shape index (κ3) is 3.59. The number of nitrogens with one attached hydrogen (secondary N) is 1. The van der Waals surface area contributed by atoms with Crippen LogP contribution in [0.2, 0.25) is 0 Å². The number of amides is 1. The predicted octanol–water partition coefficient (Wildman–Crippen LogP) is 1.20. The summed E-state index contributed by atoms with van der Waals surface area (Å²) in [6.45, 7) is 9.93. The fourth-order valence-corrected chi connectivity index (χ4v) is 0.978. The molecule has 0 aromatic heterocycles. The van der Waals surface area contributed by atoms with E-state index in [1.807, 2.05) is 20.8 Å². The van der Waals surface area contributed by atoms with Gasteiger partial charge in [-0.25, -0.2) is 0 Å². The molecule has 0 rings (SSSR count). The summed E-state index contributed by atoms with van der Waals surface area (Å²) in [4.78, 5) is 11.6. The third-order valence-corrected chi connectivity index (χ3v) is 2.26. The van der Waals surface area contributed by atoms with Gasteiger partial charge in [0, 0.05) is 6.54 Å². The first kappa shape index (κ1) is 12.2. The van der Waals surface area contributed by atoms with Crippen molar-refractivity contribution in [2.24, 2.45) is 5.73 Å². The molecule has 0 saturated carbocycles. The topological polar surface area (TPSA) is 55.1 Å². The number of hydrogen-bond acceptors (Lipinski definition) is 2. The Morgan fingerprint density at radius 3 is 2.23 bits per heavy atom. The minimum Gasteiger partial charge on any atom is -0.351 e. The maximum Gasteiger partial charge on any atom is 0.240 e. The molecule has 0 aliphatic carbocycles. The van der Waals surface area contributed by atoms with Crippen molar-refractivity contribution in [3.8, 4) is 0 Å². The second-order valence-corrected chi connectivity index (χ2v) is 3.50. The highest BCUT2D eigenvalue weighted by atomic mass is 16.2. The summed E-state index contributed by atoms with van der Waals surface area (Å²) in [6.07, 6.45) is 1.32. The Morgan fingerprint density at radius 1 is 1.46 bits per heavy atom. The van der Waals surface area contributed by atoms with Crippen LogP contribution in [0.4, 0.5) is 0 Å². The number of hydrogen-bond donors (Lipinski definition) is 2. The lowest BCUT2D eigenvalue weighted by Crippen LogP contribution is -2.53. The molecule has 1 amide bonds. The van der Waals surface area contributed by atoms with Crippen LogP contribution in [0.25, 0.3) is 0 Å². The van der Waals surface area contributed by atoms with E-state index in [1.54, 1.807) is 0 Å². The van der Waals surface area contributed by atoms with Gasteiger partial charge in [-0.2, -0.15) is 0 Å². The van der Waals surface area contributed by atoms with Crippen molar-refractivity contribution in [3.63, 3.8) is 0 Å². The largest absolute Gasteiger partial charge is 0.351 e. The number of carbonyl (C=O) groups excluding carboxylic acids is 1. The number of rotatable bonds is 5. The van der Waals surface area contributed by atoms with E-state index in [2.05, 4.69) is 11.9 Å². The van der Waals surface area contributed by atoms with Crippen LogP contribution in [0.5, 0.6) is 0 Å². The molecular weight excluding hydrogens is 164 g/mol. The van der Waals surface area contributed by atoms with Gasteiger partial charge in [0.2, 0.25) is 5.91 Å². The summed E-state index contributed by atoms with van der Waals surface area (Å²) in [5, 5.41) is 2.76. The highest BCUT2D eigenvalue weighted by molar-refractivity contribution is 5.86. The molecule has 0 bridgehead atoms. The van der Waals surface area contributed by atoms with E-state index < -0.39 is 5.54 Å². The Morgan fingerprint density at radius 2 is 1.92 bits per heavy atom. The van der Waals surface area contributed by atoms with Crippen molar-refractivity contribution in [3.05, 3.63) is 12.2 Å². The molecule has 3 N–H and O–H groups in total. The lowest BCUT2D eigenvalue weighted by Gasteiger charge is -2.25. The molecule has 0 fully saturated rings. The van der Waals surface area contributed by atoms with Crippen LogP contribution >= 0.6 is 0 Å². The van der Waals surface area contributed by atoms with E-state index in [-0.39, 0.29) is 5.91 Å². The highest BCUT2D eigenvalue weighted by Crippen LogP contribution is 2.10. The van der Waals surface area contributed by atoms with Crippen LogP contribution in [0.15, 0.2) is 12.2 Å². The second-order valence-electron chi connectivity index (χ2n) is 3.50. The molecule has 0 aromatic rings. The first-order valence-electron chi connectivity index (χ1n) is 4.67. The van der Waals surface area contributed by atoms with Crippen molar-refractivity contribution >= 4 is 5.91 Å². The van der Waals surface area contributed by atoms with Gasteiger partial charge >= 0.3 is 0 Å². The predicted molar refractivity (Wildman–Crippen MR) is 55.3 cm³/mol. The van der Waals surface area contributed by atoms with Crippen molar-refractivity contribution in [1.82, 2.24) is 5.32 Å². The van der Waals surface area contributed by atoms with Gasteiger partial charge in [-0.15, -0.1) is 0 Å². The van der Waals surface area contributed by atoms with Gasteiger partial charge < -0.3 is 11.1 Å². The summed E-state index contributed by atoms with van der Waals surface area (Å²) < 4.78 is 0. The zero-order valence-corrected chi connectivity index (χ0v) is 8.81. The van der Waals surface area contributed by atoms with Crippen LogP contribution in [-0.2, 0) is 4.79 Å². The smallest absolute Gasteiger partial charge is 0.240 e. The van der Waals surface area contributed by atoms with E-state index in [0.717, 1.165) is 5.57 Å². The minimum atomic E-state index is -0.713. The van der Waals surface area contributed by atoms with Crippen LogP contribution in [0.1, 0.15) is 33.6 Å². The fraction of sp³-hybridized carbons (Fsp3) is 0.700. The molecule has 0 spiro atoms. The zero-order valence-electron chi connectivity index (χ0n) is 8.81. The highest BCUT2D eigenvalue weighted by Gasteiger charge is 2.29.